The maximum absolute atomic E-state index is 12.8. The van der Waals surface area contributed by atoms with E-state index in [1.54, 1.807) is 26.2 Å². The van der Waals surface area contributed by atoms with Gasteiger partial charge in [0.1, 0.15) is 0 Å². The molecule has 2 atom stereocenters. The smallest absolute Gasteiger partial charge is 0.312 e. The van der Waals surface area contributed by atoms with Crippen LogP contribution in [-0.4, -0.2) is 68.9 Å². The first-order valence-electron chi connectivity index (χ1n) is 12.0. The maximum atomic E-state index is 12.8. The van der Waals surface area contributed by atoms with Crippen molar-refractivity contribution in [2.75, 3.05) is 43.4 Å². The molecule has 1 N–H and O–H groups in total. The number of aromatic nitrogens is 1. The van der Waals surface area contributed by atoms with E-state index in [0.717, 1.165) is 43.9 Å². The molecule has 0 radical (unpaired) electrons. The van der Waals surface area contributed by atoms with Crippen molar-refractivity contribution in [1.29, 1.82) is 0 Å². The lowest BCUT2D eigenvalue weighted by molar-refractivity contribution is -0.146. The number of anilines is 1. The van der Waals surface area contributed by atoms with Gasteiger partial charge in [-0.25, -0.2) is 13.1 Å². The average Bonchev–Trinajstić information content (AvgIpc) is 2.84. The van der Waals surface area contributed by atoms with E-state index in [-0.39, 0.29) is 18.3 Å². The highest BCUT2D eigenvalue weighted by Crippen LogP contribution is 2.28. The largest absolute Gasteiger partial charge is 0.466 e. The molecule has 1 aromatic rings. The van der Waals surface area contributed by atoms with Crippen LogP contribution >= 0.6 is 0 Å². The van der Waals surface area contributed by atoms with Gasteiger partial charge in [-0.15, -0.1) is 0 Å². The van der Waals surface area contributed by atoms with Crippen LogP contribution in [0.1, 0.15) is 33.6 Å². The van der Waals surface area contributed by atoms with Crippen molar-refractivity contribution in [2.24, 2.45) is 5.92 Å². The number of hydrogen-bond donors (Lipinski definition) is 1. The number of sulfonamides is 1. The van der Waals surface area contributed by atoms with Crippen molar-refractivity contribution < 1.29 is 17.9 Å². The number of nitrogens with zero attached hydrogens (tertiary/aromatic N) is 3. The minimum absolute atomic E-state index is 0.0582. The molecule has 2 heterocycles. The quantitative estimate of drug-likeness (QED) is 0.506. The topological polar surface area (TPSA) is 91.8 Å². The highest BCUT2D eigenvalue weighted by Gasteiger charge is 2.32. The van der Waals surface area contributed by atoms with E-state index >= 15 is 0 Å². The molecule has 9 heteroatoms. The molecule has 1 fully saturated rings. The molecule has 1 saturated heterocycles. The SMILES string of the molecule is CCCCS(=O)(=O)NC1C(=CN2CCN(c3ccncc3)CC2)C=CC=C1C(C)C(=O)OCC. The third-order valence-electron chi connectivity index (χ3n) is 6.12. The molecule has 2 unspecified atom stereocenters. The van der Waals surface area contributed by atoms with Gasteiger partial charge in [-0.3, -0.25) is 9.78 Å². The third kappa shape index (κ3) is 6.93. The van der Waals surface area contributed by atoms with Gasteiger partial charge in [0.05, 0.1) is 24.3 Å². The van der Waals surface area contributed by atoms with Crippen molar-refractivity contribution in [1.82, 2.24) is 14.6 Å². The Morgan fingerprint density at radius 1 is 1.24 bits per heavy atom. The van der Waals surface area contributed by atoms with E-state index in [1.165, 1.54) is 0 Å². The Hall–Kier alpha value is -2.65. The van der Waals surface area contributed by atoms with Crippen molar-refractivity contribution in [3.05, 3.63) is 60.1 Å². The van der Waals surface area contributed by atoms with Gasteiger partial charge >= 0.3 is 5.97 Å². The van der Waals surface area contributed by atoms with Gasteiger partial charge in [-0.2, -0.15) is 0 Å². The number of pyridine rings is 1. The van der Waals surface area contributed by atoms with Crippen molar-refractivity contribution in [3.63, 3.8) is 0 Å². The monoisotopic (exact) mass is 488 g/mol. The molecule has 0 saturated carbocycles. The highest BCUT2D eigenvalue weighted by molar-refractivity contribution is 7.89. The zero-order chi connectivity index (χ0) is 24.6. The molecule has 34 heavy (non-hydrogen) atoms. The fraction of sp³-hybridized carbons (Fsp3) is 0.520. The first-order chi connectivity index (χ1) is 16.3. The number of rotatable bonds is 10. The Labute approximate surface area is 203 Å². The molecular weight excluding hydrogens is 452 g/mol. The highest BCUT2D eigenvalue weighted by atomic mass is 32.2. The summed E-state index contributed by atoms with van der Waals surface area (Å²) in [6.07, 6.45) is 12.6. The van der Waals surface area contributed by atoms with Crippen molar-refractivity contribution in [2.45, 2.75) is 39.7 Å². The number of ether oxygens (including phenoxy) is 1. The van der Waals surface area contributed by atoms with Crippen LogP contribution in [0.4, 0.5) is 5.69 Å². The van der Waals surface area contributed by atoms with Gasteiger partial charge in [-0.05, 0) is 43.5 Å². The van der Waals surface area contributed by atoms with Gasteiger partial charge < -0.3 is 14.5 Å². The third-order valence-corrected chi connectivity index (χ3v) is 7.54. The number of allylic oxidation sites excluding steroid dienone is 2. The zero-order valence-electron chi connectivity index (χ0n) is 20.3. The predicted molar refractivity (Wildman–Crippen MR) is 135 cm³/mol. The summed E-state index contributed by atoms with van der Waals surface area (Å²) < 4.78 is 33.7. The van der Waals surface area contributed by atoms with E-state index in [2.05, 4.69) is 19.5 Å². The molecule has 3 rings (SSSR count). The van der Waals surface area contributed by atoms with Crippen molar-refractivity contribution >= 4 is 21.7 Å². The summed E-state index contributed by atoms with van der Waals surface area (Å²) >= 11 is 0. The Morgan fingerprint density at radius 2 is 1.94 bits per heavy atom. The Kier molecular flexibility index (Phi) is 9.29. The lowest BCUT2D eigenvalue weighted by Gasteiger charge is -2.37. The average molecular weight is 489 g/mol. The summed E-state index contributed by atoms with van der Waals surface area (Å²) in [7, 11) is -3.52. The molecule has 1 aliphatic carbocycles. The van der Waals surface area contributed by atoms with Crippen LogP contribution in [0.5, 0.6) is 0 Å². The number of hydrogen-bond acceptors (Lipinski definition) is 7. The number of esters is 1. The number of unbranched alkanes of at least 4 members (excludes halogenated alkanes) is 1. The van der Waals surface area contributed by atoms with Crippen LogP contribution in [0.15, 0.2) is 60.1 Å². The molecule has 8 nitrogen and oxygen atoms in total. The predicted octanol–water partition coefficient (Wildman–Crippen LogP) is 2.87. The van der Waals surface area contributed by atoms with Gasteiger partial charge in [0.25, 0.3) is 0 Å². The Balaban J connectivity index is 1.80. The summed E-state index contributed by atoms with van der Waals surface area (Å²) in [5.74, 6) is -0.856. The van der Waals surface area contributed by atoms with Crippen LogP contribution in [0.3, 0.4) is 0 Å². The summed E-state index contributed by atoms with van der Waals surface area (Å²) in [6, 6.07) is 3.41. The minimum atomic E-state index is -3.52. The van der Waals surface area contributed by atoms with Gasteiger partial charge in [0, 0.05) is 50.5 Å². The molecule has 1 aliphatic heterocycles. The summed E-state index contributed by atoms with van der Waals surface area (Å²) in [5, 5.41) is 0. The second-order valence-electron chi connectivity index (χ2n) is 8.58. The number of carbonyl (C=O) groups is 1. The second kappa shape index (κ2) is 12.2. The molecule has 186 valence electrons. The molecule has 0 spiro atoms. The Morgan fingerprint density at radius 3 is 2.59 bits per heavy atom. The van der Waals surface area contributed by atoms with Crippen molar-refractivity contribution in [3.8, 4) is 0 Å². The fourth-order valence-electron chi connectivity index (χ4n) is 4.15. The molecule has 0 aromatic carbocycles. The van der Waals surface area contributed by atoms with Crippen LogP contribution in [0.25, 0.3) is 0 Å². The summed E-state index contributed by atoms with van der Waals surface area (Å²) in [4.78, 5) is 21.1. The molecule has 2 aliphatic rings. The lowest BCUT2D eigenvalue weighted by Crippen LogP contribution is -2.46. The second-order valence-corrected chi connectivity index (χ2v) is 10.5. The van der Waals surface area contributed by atoms with Gasteiger partial charge in [-0.1, -0.05) is 31.6 Å². The lowest BCUT2D eigenvalue weighted by atomic mass is 9.86. The van der Waals surface area contributed by atoms with Crippen LogP contribution in [0, 0.1) is 5.92 Å². The zero-order valence-corrected chi connectivity index (χ0v) is 21.1. The van der Waals surface area contributed by atoms with E-state index < -0.39 is 22.0 Å². The fourth-order valence-corrected chi connectivity index (χ4v) is 5.57. The van der Waals surface area contributed by atoms with E-state index in [0.29, 0.717) is 12.0 Å². The summed E-state index contributed by atoms with van der Waals surface area (Å²) in [5.41, 5.74) is 2.67. The molecule has 0 bridgehead atoms. The normalized spacial score (nSPS) is 20.9. The number of nitrogens with one attached hydrogen (secondary N) is 1. The number of piperazine rings is 1. The summed E-state index contributed by atoms with van der Waals surface area (Å²) in [6.45, 7) is 9.10. The Bertz CT molecular complexity index is 1010. The minimum Gasteiger partial charge on any atom is -0.466 e. The van der Waals surface area contributed by atoms with Crippen LogP contribution < -0.4 is 9.62 Å². The van der Waals surface area contributed by atoms with E-state index in [4.69, 9.17) is 4.74 Å². The molecule has 0 amide bonds. The van der Waals surface area contributed by atoms with Gasteiger partial charge in [0.2, 0.25) is 10.0 Å². The maximum Gasteiger partial charge on any atom is 0.312 e. The van der Waals surface area contributed by atoms with Crippen LogP contribution in [0.2, 0.25) is 0 Å². The first kappa shape index (κ1) is 26.0. The molecule has 1 aromatic heterocycles. The molecular formula is C25H36N4O4S. The van der Waals surface area contributed by atoms with E-state index in [1.807, 2.05) is 43.5 Å². The number of carbonyl (C=O) groups excluding carboxylic acids is 1. The van der Waals surface area contributed by atoms with Crippen LogP contribution in [-0.2, 0) is 19.6 Å². The standard InChI is InChI=1S/C25H36N4O4S/c1-4-6-18-34(31,32)27-24-21(8-7-9-23(24)20(3)25(30)33-5-2)19-28-14-16-29(17-15-28)22-10-12-26-13-11-22/h7-13,19-20,24,27H,4-6,14-18H2,1-3H3. The first-order valence-corrected chi connectivity index (χ1v) is 13.7. The van der Waals surface area contributed by atoms with E-state index in [9.17, 15) is 13.2 Å². The van der Waals surface area contributed by atoms with Gasteiger partial charge in [0.15, 0.2) is 0 Å².